The molecule has 9 nitrogen and oxygen atoms in total. The molecule has 0 aliphatic carbocycles. The summed E-state index contributed by atoms with van der Waals surface area (Å²) in [6.45, 7) is 0. The van der Waals surface area contributed by atoms with Crippen LogP contribution in [0.4, 0.5) is 5.13 Å². The number of nitrogens with zero attached hydrogens (tertiary/aromatic N) is 3. The van der Waals surface area contributed by atoms with Crippen molar-refractivity contribution in [2.24, 2.45) is 5.16 Å². The lowest BCUT2D eigenvalue weighted by molar-refractivity contribution is -0.146. The van der Waals surface area contributed by atoms with Gasteiger partial charge in [0.25, 0.3) is 11.8 Å². The van der Waals surface area contributed by atoms with Gasteiger partial charge in [0.1, 0.15) is 22.8 Å². The maximum Gasteiger partial charge on any atom is 0.276 e. The normalized spacial score (nSPS) is 17.9. The highest BCUT2D eigenvalue weighted by atomic mass is 32.2. The number of oxime groups is 1. The summed E-state index contributed by atoms with van der Waals surface area (Å²) in [6, 6.07) is 27.8. The van der Waals surface area contributed by atoms with E-state index in [0.717, 1.165) is 28.0 Å². The lowest BCUT2D eigenvalue weighted by Gasteiger charge is -2.49. The number of β-lactam (4-membered cyclic amide) rings is 1. The highest BCUT2D eigenvalue weighted by Gasteiger charge is 2.54. The molecule has 2 aliphatic heterocycles. The Balaban J connectivity index is 1.39. The number of nitrogens with two attached hydrogens (primary N) is 1. The van der Waals surface area contributed by atoms with E-state index in [9.17, 15) is 14.4 Å². The van der Waals surface area contributed by atoms with Gasteiger partial charge in [-0.1, -0.05) is 109 Å². The number of benzene rings is 3. The monoisotopic (exact) mass is 665 g/mol. The summed E-state index contributed by atoms with van der Waals surface area (Å²) in [4.78, 5) is 51.9. The smallest absolute Gasteiger partial charge is 0.276 e. The fraction of sp³-hybridized carbons (Fsp3) is 0.147. The zero-order valence-electron chi connectivity index (χ0n) is 24.2. The summed E-state index contributed by atoms with van der Waals surface area (Å²) in [5.74, 6) is 1.80. The van der Waals surface area contributed by atoms with Crippen molar-refractivity contribution in [2.75, 3.05) is 11.5 Å². The lowest BCUT2D eigenvalue weighted by Crippen LogP contribution is -2.70. The van der Waals surface area contributed by atoms with Gasteiger partial charge in [0.2, 0.25) is 10.7 Å². The molecule has 2 amide bonds. The zero-order valence-corrected chi connectivity index (χ0v) is 26.7. The molecule has 46 heavy (non-hydrogen) atoms. The molecule has 6 rings (SSSR count). The van der Waals surface area contributed by atoms with Gasteiger partial charge >= 0.3 is 0 Å². The second-order valence-electron chi connectivity index (χ2n) is 10.4. The molecule has 12 heteroatoms. The van der Waals surface area contributed by atoms with Crippen LogP contribution in [0.1, 0.15) is 28.8 Å². The van der Waals surface area contributed by atoms with E-state index in [4.69, 9.17) is 17.0 Å². The molecule has 230 valence electrons. The van der Waals surface area contributed by atoms with Crippen LogP contribution in [0, 0.1) is 12.3 Å². The van der Waals surface area contributed by atoms with Crippen LogP contribution in [-0.4, -0.2) is 49.7 Å². The predicted octanol–water partition coefficient (Wildman–Crippen LogP) is 4.57. The third-order valence-electron chi connectivity index (χ3n) is 7.65. The summed E-state index contributed by atoms with van der Waals surface area (Å²) in [5, 5.41) is 8.04. The van der Waals surface area contributed by atoms with Crippen LogP contribution < -0.4 is 11.1 Å². The first-order chi connectivity index (χ1) is 22.3. The summed E-state index contributed by atoms with van der Waals surface area (Å²) in [5.41, 5.74) is 7.85. The van der Waals surface area contributed by atoms with Gasteiger partial charge in [0.15, 0.2) is 10.8 Å². The molecule has 3 aromatic carbocycles. The number of anilines is 1. The number of terminal acetylenes is 1. The fourth-order valence-corrected chi connectivity index (χ4v) is 7.70. The lowest BCUT2D eigenvalue weighted by atomic mass is 9.80. The number of thiazole rings is 1. The maximum atomic E-state index is 14.0. The summed E-state index contributed by atoms with van der Waals surface area (Å²) < 4.78 is 0. The SMILES string of the molecule is C#CCC1=C(C(=O)S)N2C(=O)[C@@H](NC(=O)/C(=N\OC(c3ccccc3)(c3ccccc3)c3ccccc3)c3csc(N)n3)[C@H]2SC1. The highest BCUT2D eigenvalue weighted by Crippen LogP contribution is 2.43. The quantitative estimate of drug-likeness (QED) is 0.0566. The minimum Gasteiger partial charge on any atom is -0.375 e. The Morgan fingerprint density at radius 1 is 1.04 bits per heavy atom. The number of thiol groups is 1. The molecular weight excluding hydrogens is 639 g/mol. The second-order valence-corrected chi connectivity index (χ2v) is 12.8. The van der Waals surface area contributed by atoms with Crippen molar-refractivity contribution >= 4 is 63.5 Å². The average Bonchev–Trinajstić information content (AvgIpc) is 3.52. The standard InChI is InChI=1S/C34H27N5O4S3/c1-2-12-21-19-45-31-27(30(41)39(31)28(21)32(42)44)37-29(40)26(25-20-46-33(35)36-25)38-43-34(22-13-6-3-7-14-22,23-15-8-4-9-16-23)24-17-10-5-11-18-24/h1,3-11,13-18,20,27,31H,12,19H2,(H2,35,36)(H,37,40)(H,42,44)/b38-26-/t27-,31-/m1/s1. The van der Waals surface area contributed by atoms with Crippen LogP contribution in [0.25, 0.3) is 0 Å². The Hall–Kier alpha value is -4.83. The molecule has 0 saturated carbocycles. The van der Waals surface area contributed by atoms with Crippen molar-refractivity contribution in [1.29, 1.82) is 0 Å². The van der Waals surface area contributed by atoms with Crippen LogP contribution in [-0.2, 0) is 24.8 Å². The number of carbonyl (C=O) groups is 3. The Kier molecular flexibility index (Phi) is 8.99. The molecule has 3 heterocycles. The Morgan fingerprint density at radius 3 is 2.09 bits per heavy atom. The maximum absolute atomic E-state index is 14.0. The molecule has 2 aliphatic rings. The van der Waals surface area contributed by atoms with Gasteiger partial charge in [-0.15, -0.1) is 35.4 Å². The summed E-state index contributed by atoms with van der Waals surface area (Å²) in [7, 11) is 0. The molecule has 1 saturated heterocycles. The van der Waals surface area contributed by atoms with Crippen LogP contribution in [0.2, 0.25) is 0 Å². The molecule has 0 bridgehead atoms. The van der Waals surface area contributed by atoms with E-state index in [1.165, 1.54) is 16.7 Å². The van der Waals surface area contributed by atoms with Gasteiger partial charge in [-0.2, -0.15) is 0 Å². The number of fused-ring (bicyclic) bond motifs is 1. The number of nitrogen functional groups attached to an aromatic ring is 1. The van der Waals surface area contributed by atoms with Gasteiger partial charge in [0.05, 0.1) is 0 Å². The first kappa shape index (κ1) is 31.2. The second kappa shape index (κ2) is 13.3. The van der Waals surface area contributed by atoms with Crippen molar-refractivity contribution in [1.82, 2.24) is 15.2 Å². The van der Waals surface area contributed by atoms with Crippen molar-refractivity contribution in [2.45, 2.75) is 23.4 Å². The van der Waals surface area contributed by atoms with E-state index in [1.807, 2.05) is 91.0 Å². The van der Waals surface area contributed by atoms with Gasteiger partial charge < -0.3 is 15.9 Å². The van der Waals surface area contributed by atoms with Crippen molar-refractivity contribution in [3.05, 3.63) is 130 Å². The van der Waals surface area contributed by atoms with E-state index >= 15 is 0 Å². The van der Waals surface area contributed by atoms with Gasteiger partial charge in [-0.3, -0.25) is 19.3 Å². The summed E-state index contributed by atoms with van der Waals surface area (Å²) in [6.07, 6.45) is 5.70. The van der Waals surface area contributed by atoms with E-state index in [0.29, 0.717) is 11.3 Å². The number of hydrogen-bond acceptors (Lipinski definition) is 9. The van der Waals surface area contributed by atoms with Crippen LogP contribution in [0.3, 0.4) is 0 Å². The van der Waals surface area contributed by atoms with Gasteiger partial charge in [0, 0.05) is 34.2 Å². The largest absolute Gasteiger partial charge is 0.375 e. The minimum absolute atomic E-state index is 0.166. The number of nitrogens with one attached hydrogen (secondary N) is 1. The average molecular weight is 666 g/mol. The van der Waals surface area contributed by atoms with E-state index in [1.54, 1.807) is 5.38 Å². The minimum atomic E-state index is -1.26. The number of aromatic nitrogens is 1. The molecule has 0 radical (unpaired) electrons. The molecule has 1 fully saturated rings. The molecule has 0 unspecified atom stereocenters. The van der Waals surface area contributed by atoms with Crippen LogP contribution in [0.15, 0.2) is 113 Å². The van der Waals surface area contributed by atoms with E-state index in [2.05, 4.69) is 34.0 Å². The first-order valence-electron chi connectivity index (χ1n) is 14.1. The highest BCUT2D eigenvalue weighted by molar-refractivity contribution is 8.00. The van der Waals surface area contributed by atoms with E-state index in [-0.39, 0.29) is 28.7 Å². The van der Waals surface area contributed by atoms with Crippen molar-refractivity contribution < 1.29 is 19.2 Å². The third-order valence-corrected chi connectivity index (χ3v) is 9.87. The topological polar surface area (TPSA) is 127 Å². The van der Waals surface area contributed by atoms with Crippen molar-refractivity contribution in [3.63, 3.8) is 0 Å². The van der Waals surface area contributed by atoms with E-state index < -0.39 is 33.9 Å². The van der Waals surface area contributed by atoms with Crippen LogP contribution in [0.5, 0.6) is 0 Å². The zero-order chi connectivity index (χ0) is 32.3. The number of hydrogen-bond donors (Lipinski definition) is 3. The molecular formula is C34H27N5O4S3. The molecule has 4 aromatic rings. The molecule has 0 spiro atoms. The van der Waals surface area contributed by atoms with Crippen molar-refractivity contribution in [3.8, 4) is 12.3 Å². The predicted molar refractivity (Wildman–Crippen MR) is 183 cm³/mol. The Labute approximate surface area is 279 Å². The van der Waals surface area contributed by atoms with Gasteiger partial charge in [-0.05, 0) is 5.57 Å². The third kappa shape index (κ3) is 5.69. The molecule has 2 atom stereocenters. The number of amides is 2. The first-order valence-corrected chi connectivity index (χ1v) is 16.5. The number of rotatable bonds is 10. The molecule has 1 aromatic heterocycles. The number of carbonyl (C=O) groups excluding carboxylic acids is 3. The fourth-order valence-electron chi connectivity index (χ4n) is 5.54. The van der Waals surface area contributed by atoms with Crippen LogP contribution >= 0.6 is 35.7 Å². The summed E-state index contributed by atoms with van der Waals surface area (Å²) >= 11 is 6.53. The Morgan fingerprint density at radius 2 is 1.61 bits per heavy atom. The number of thioether (sulfide) groups is 1. The Bertz CT molecular complexity index is 1790. The van der Waals surface area contributed by atoms with Gasteiger partial charge in [-0.25, -0.2) is 4.98 Å². The molecule has 3 N–H and O–H groups in total.